The second kappa shape index (κ2) is 6.52. The number of amides is 2. The van der Waals surface area contributed by atoms with Gasteiger partial charge in [0.1, 0.15) is 12.4 Å². The molecule has 2 fully saturated rings. The van der Waals surface area contributed by atoms with Crippen LogP contribution in [0.5, 0.6) is 5.75 Å². The number of benzene rings is 1. The molecular weight excluding hydrogens is 318 g/mol. The Morgan fingerprint density at radius 2 is 2.00 bits per heavy atom. The minimum atomic E-state index is -0.336. The Morgan fingerprint density at radius 3 is 2.80 bits per heavy atom. The van der Waals surface area contributed by atoms with Crippen molar-refractivity contribution in [3.8, 4) is 5.75 Å². The summed E-state index contributed by atoms with van der Waals surface area (Å²) in [4.78, 5) is 27.5. The van der Waals surface area contributed by atoms with Gasteiger partial charge in [-0.05, 0) is 25.0 Å². The molecule has 25 heavy (non-hydrogen) atoms. The van der Waals surface area contributed by atoms with E-state index in [1.54, 1.807) is 6.07 Å². The summed E-state index contributed by atoms with van der Waals surface area (Å²) in [5.74, 6) is 0.648. The Bertz CT molecular complexity index is 712. The molecule has 0 aromatic heterocycles. The van der Waals surface area contributed by atoms with Crippen LogP contribution in [0.1, 0.15) is 23.2 Å². The van der Waals surface area contributed by atoms with E-state index in [4.69, 9.17) is 4.74 Å². The summed E-state index contributed by atoms with van der Waals surface area (Å²) in [6.45, 7) is 3.10. The monoisotopic (exact) mass is 341 g/mol. The van der Waals surface area contributed by atoms with E-state index in [-0.39, 0.29) is 23.3 Å². The van der Waals surface area contributed by atoms with Crippen molar-refractivity contribution in [3.63, 3.8) is 0 Å². The highest BCUT2D eigenvalue weighted by Gasteiger charge is 2.46. The van der Waals surface area contributed by atoms with Crippen LogP contribution in [0.4, 0.5) is 0 Å². The van der Waals surface area contributed by atoms with Gasteiger partial charge in [-0.25, -0.2) is 0 Å². The third-order valence-corrected chi connectivity index (χ3v) is 5.33. The summed E-state index contributed by atoms with van der Waals surface area (Å²) in [6, 6.07) is 7.28. The van der Waals surface area contributed by atoms with Gasteiger partial charge in [0.2, 0.25) is 5.91 Å². The standard InChI is InChI=1S/C19H23N3O3/c23-17-15-5-1-2-6-16(15)25-10-4-3-8-19(12-20-13-19)18(24)22-9-7-14(11-22)21-17/h1-6,14,20H,7-13H2,(H,21,23)/b4-3-/t14-/m0/s1. The molecule has 3 heterocycles. The van der Waals surface area contributed by atoms with Gasteiger partial charge in [0, 0.05) is 32.2 Å². The summed E-state index contributed by atoms with van der Waals surface area (Å²) in [7, 11) is 0. The van der Waals surface area contributed by atoms with Crippen molar-refractivity contribution in [2.24, 2.45) is 5.41 Å². The zero-order valence-corrected chi connectivity index (χ0v) is 14.2. The van der Waals surface area contributed by atoms with Crippen LogP contribution in [0.2, 0.25) is 0 Å². The molecule has 2 bridgehead atoms. The molecule has 0 saturated carbocycles. The van der Waals surface area contributed by atoms with Gasteiger partial charge in [0.15, 0.2) is 0 Å². The van der Waals surface area contributed by atoms with Crippen LogP contribution >= 0.6 is 0 Å². The summed E-state index contributed by atoms with van der Waals surface area (Å²) in [5, 5.41) is 6.29. The summed E-state index contributed by atoms with van der Waals surface area (Å²) in [5.41, 5.74) is 0.203. The van der Waals surface area contributed by atoms with Crippen LogP contribution < -0.4 is 15.4 Å². The highest BCUT2D eigenvalue weighted by Crippen LogP contribution is 2.32. The zero-order chi connectivity index (χ0) is 17.3. The molecule has 1 aromatic rings. The summed E-state index contributed by atoms with van der Waals surface area (Å²) < 4.78 is 5.77. The molecule has 0 aliphatic carbocycles. The number of fused-ring (bicyclic) bond motifs is 3. The number of para-hydroxylation sites is 1. The van der Waals surface area contributed by atoms with E-state index in [0.717, 1.165) is 12.8 Å². The third kappa shape index (κ3) is 3.02. The molecule has 3 aliphatic heterocycles. The maximum atomic E-state index is 13.0. The van der Waals surface area contributed by atoms with Gasteiger partial charge < -0.3 is 20.3 Å². The molecule has 2 N–H and O–H groups in total. The minimum absolute atomic E-state index is 0.00641. The second-order valence-corrected chi connectivity index (χ2v) is 7.08. The lowest BCUT2D eigenvalue weighted by Crippen LogP contribution is -2.61. The Morgan fingerprint density at radius 1 is 1.16 bits per heavy atom. The maximum absolute atomic E-state index is 13.0. The number of nitrogens with one attached hydrogen (secondary N) is 2. The van der Waals surface area contributed by atoms with Gasteiger partial charge in [-0.3, -0.25) is 9.59 Å². The molecule has 1 spiro atoms. The highest BCUT2D eigenvalue weighted by molar-refractivity contribution is 5.97. The third-order valence-electron chi connectivity index (χ3n) is 5.33. The summed E-state index contributed by atoms with van der Waals surface area (Å²) >= 11 is 0. The first-order chi connectivity index (χ1) is 12.2. The van der Waals surface area contributed by atoms with Crippen molar-refractivity contribution in [2.75, 3.05) is 32.8 Å². The normalized spacial score (nSPS) is 26.9. The predicted octanol–water partition coefficient (Wildman–Crippen LogP) is 0.946. The number of nitrogens with zero attached hydrogens (tertiary/aromatic N) is 1. The van der Waals surface area contributed by atoms with E-state index >= 15 is 0 Å². The topological polar surface area (TPSA) is 70.7 Å². The van der Waals surface area contributed by atoms with Gasteiger partial charge in [-0.15, -0.1) is 0 Å². The Balaban J connectivity index is 1.61. The average Bonchev–Trinajstić information content (AvgIpc) is 3.04. The molecular formula is C19H23N3O3. The van der Waals surface area contributed by atoms with Gasteiger partial charge in [0.05, 0.1) is 11.0 Å². The molecule has 1 atom stereocenters. The van der Waals surface area contributed by atoms with Crippen LogP contribution in [-0.2, 0) is 4.79 Å². The number of hydrogen-bond donors (Lipinski definition) is 2. The Kier molecular flexibility index (Phi) is 4.21. The maximum Gasteiger partial charge on any atom is 0.255 e. The Hall–Kier alpha value is -2.34. The van der Waals surface area contributed by atoms with E-state index in [1.165, 1.54) is 0 Å². The van der Waals surface area contributed by atoms with E-state index in [0.29, 0.717) is 44.1 Å². The molecule has 132 valence electrons. The van der Waals surface area contributed by atoms with Crippen molar-refractivity contribution in [3.05, 3.63) is 42.0 Å². The fourth-order valence-electron chi connectivity index (χ4n) is 3.77. The minimum Gasteiger partial charge on any atom is -0.489 e. The molecule has 1 aromatic carbocycles. The lowest BCUT2D eigenvalue weighted by atomic mass is 9.77. The fraction of sp³-hybridized carbons (Fsp3) is 0.474. The van der Waals surface area contributed by atoms with Crippen molar-refractivity contribution in [2.45, 2.75) is 18.9 Å². The number of carbonyl (C=O) groups is 2. The van der Waals surface area contributed by atoms with Gasteiger partial charge in [-0.2, -0.15) is 0 Å². The molecule has 0 radical (unpaired) electrons. The largest absolute Gasteiger partial charge is 0.489 e. The van der Waals surface area contributed by atoms with Crippen molar-refractivity contribution in [1.82, 2.24) is 15.5 Å². The SMILES string of the molecule is O=C1N[C@H]2CCN(C2)C(=O)C2(C/C=C\COc3ccccc31)CNC2. The van der Waals surface area contributed by atoms with Crippen molar-refractivity contribution < 1.29 is 14.3 Å². The fourth-order valence-corrected chi connectivity index (χ4v) is 3.77. The quantitative estimate of drug-likeness (QED) is 0.689. The van der Waals surface area contributed by atoms with E-state index in [2.05, 4.69) is 10.6 Å². The first-order valence-corrected chi connectivity index (χ1v) is 8.86. The summed E-state index contributed by atoms with van der Waals surface area (Å²) in [6.07, 6.45) is 5.47. The number of allylic oxidation sites excluding steroid dienone is 1. The zero-order valence-electron chi connectivity index (χ0n) is 14.2. The van der Waals surface area contributed by atoms with Crippen LogP contribution in [0.25, 0.3) is 0 Å². The van der Waals surface area contributed by atoms with Crippen molar-refractivity contribution in [1.29, 1.82) is 0 Å². The predicted molar refractivity (Wildman–Crippen MR) is 93.4 cm³/mol. The Labute approximate surface area is 147 Å². The number of ether oxygens (including phenoxy) is 1. The van der Waals surface area contributed by atoms with E-state index in [9.17, 15) is 9.59 Å². The molecule has 6 nitrogen and oxygen atoms in total. The molecule has 3 aliphatic rings. The molecule has 2 amide bonds. The van der Waals surface area contributed by atoms with Gasteiger partial charge >= 0.3 is 0 Å². The first-order valence-electron chi connectivity index (χ1n) is 8.86. The van der Waals surface area contributed by atoms with Crippen molar-refractivity contribution >= 4 is 11.8 Å². The number of carbonyl (C=O) groups excluding carboxylic acids is 2. The number of rotatable bonds is 0. The van der Waals surface area contributed by atoms with Crippen LogP contribution in [0.15, 0.2) is 36.4 Å². The van der Waals surface area contributed by atoms with Crippen LogP contribution in [0, 0.1) is 5.41 Å². The smallest absolute Gasteiger partial charge is 0.255 e. The number of hydrogen-bond acceptors (Lipinski definition) is 4. The molecule has 0 unspecified atom stereocenters. The molecule has 2 saturated heterocycles. The van der Waals surface area contributed by atoms with Crippen LogP contribution in [-0.4, -0.2) is 55.5 Å². The van der Waals surface area contributed by atoms with Gasteiger partial charge in [-0.1, -0.05) is 24.3 Å². The highest BCUT2D eigenvalue weighted by atomic mass is 16.5. The average molecular weight is 341 g/mol. The first kappa shape index (κ1) is 16.1. The molecule has 4 rings (SSSR count). The van der Waals surface area contributed by atoms with E-state index < -0.39 is 0 Å². The van der Waals surface area contributed by atoms with Gasteiger partial charge in [0.25, 0.3) is 5.91 Å². The lowest BCUT2D eigenvalue weighted by Gasteiger charge is -2.43. The second-order valence-electron chi connectivity index (χ2n) is 7.08. The lowest BCUT2D eigenvalue weighted by molar-refractivity contribution is -0.144. The van der Waals surface area contributed by atoms with E-state index in [1.807, 2.05) is 35.3 Å². The van der Waals surface area contributed by atoms with Crippen LogP contribution in [0.3, 0.4) is 0 Å². The molecule has 6 heteroatoms.